The second-order valence-corrected chi connectivity index (χ2v) is 9.56. The van der Waals surface area contributed by atoms with Gasteiger partial charge in [-0.15, -0.1) is 0 Å². The first-order chi connectivity index (χ1) is 9.50. The summed E-state index contributed by atoms with van der Waals surface area (Å²) in [6.07, 6.45) is 4.17. The molecule has 0 aromatic carbocycles. The molecular formula is C21H48N2. The Morgan fingerprint density at radius 3 is 1.22 bits per heavy atom. The molecule has 2 rings (SSSR count). The summed E-state index contributed by atoms with van der Waals surface area (Å²) in [6, 6.07) is 0. The zero-order chi connectivity index (χ0) is 16.3. The fraction of sp³-hybridized carbons (Fsp3) is 1.00. The Morgan fingerprint density at radius 1 is 0.609 bits per heavy atom. The van der Waals surface area contributed by atoms with E-state index in [1.54, 1.807) is 0 Å². The van der Waals surface area contributed by atoms with Crippen LogP contribution in [0.4, 0.5) is 0 Å². The van der Waals surface area contributed by atoms with Crippen molar-refractivity contribution in [3.05, 3.63) is 0 Å². The Hall–Kier alpha value is -0.0800. The predicted octanol–water partition coefficient (Wildman–Crippen LogP) is 5.63. The Labute approximate surface area is 149 Å². The number of nitrogens with zero attached hydrogens (tertiary/aromatic N) is 2. The van der Waals surface area contributed by atoms with Crippen LogP contribution in [0.15, 0.2) is 0 Å². The van der Waals surface area contributed by atoms with Gasteiger partial charge in [0.2, 0.25) is 0 Å². The normalized spacial score (nSPS) is 24.3. The number of likely N-dealkylation sites (tertiary alicyclic amines) is 2. The summed E-state index contributed by atoms with van der Waals surface area (Å²) in [5.41, 5.74) is 1.05. The molecule has 0 N–H and O–H groups in total. The monoisotopic (exact) mass is 328 g/mol. The molecule has 2 saturated heterocycles. The molecule has 2 nitrogen and oxygen atoms in total. The van der Waals surface area contributed by atoms with Gasteiger partial charge in [0.25, 0.3) is 0 Å². The first-order valence-electron chi connectivity index (χ1n) is 8.87. The molecule has 2 heterocycles. The van der Waals surface area contributed by atoms with Gasteiger partial charge in [-0.05, 0) is 75.7 Å². The Morgan fingerprint density at radius 2 is 0.957 bits per heavy atom. The number of piperidine rings is 1. The van der Waals surface area contributed by atoms with Crippen molar-refractivity contribution in [1.29, 1.82) is 0 Å². The van der Waals surface area contributed by atoms with Crippen molar-refractivity contribution in [3.63, 3.8) is 0 Å². The van der Waals surface area contributed by atoms with Gasteiger partial charge in [0.05, 0.1) is 0 Å². The maximum atomic E-state index is 2.43. The Balaban J connectivity index is 0. The lowest BCUT2D eigenvalue weighted by atomic mass is 9.75. The smallest absolute Gasteiger partial charge is 0.00121 e. The Kier molecular flexibility index (Phi) is 11.0. The first kappa shape index (κ1) is 25.2. The molecule has 0 spiro atoms. The molecule has 0 bridgehead atoms. The third-order valence-electron chi connectivity index (χ3n) is 5.56. The molecule has 23 heavy (non-hydrogen) atoms. The summed E-state index contributed by atoms with van der Waals surface area (Å²) in [6.45, 7) is 19.3. The molecule has 2 heteroatoms. The fourth-order valence-electron chi connectivity index (χ4n) is 3.52. The van der Waals surface area contributed by atoms with E-state index in [9.17, 15) is 0 Å². The van der Waals surface area contributed by atoms with Crippen LogP contribution in [-0.4, -0.2) is 50.1 Å². The van der Waals surface area contributed by atoms with Crippen LogP contribution >= 0.6 is 0 Å². The second kappa shape index (κ2) is 10.0. The van der Waals surface area contributed by atoms with Gasteiger partial charge in [0, 0.05) is 6.54 Å². The molecule has 0 aromatic rings. The molecule has 0 aliphatic carbocycles. The van der Waals surface area contributed by atoms with Crippen molar-refractivity contribution in [3.8, 4) is 0 Å². The molecule has 1 atom stereocenters. The first-order valence-corrected chi connectivity index (χ1v) is 8.87. The minimum atomic E-state index is 0. The van der Waals surface area contributed by atoms with Gasteiger partial charge in [-0.1, -0.05) is 56.4 Å². The van der Waals surface area contributed by atoms with E-state index >= 15 is 0 Å². The van der Waals surface area contributed by atoms with Gasteiger partial charge in [-0.3, -0.25) is 0 Å². The molecule has 2 fully saturated rings. The van der Waals surface area contributed by atoms with E-state index in [0.29, 0.717) is 10.8 Å². The summed E-state index contributed by atoms with van der Waals surface area (Å²) in [4.78, 5) is 4.86. The van der Waals surface area contributed by atoms with E-state index in [1.165, 1.54) is 45.4 Å². The van der Waals surface area contributed by atoms with Crippen molar-refractivity contribution < 1.29 is 0 Å². The zero-order valence-corrected chi connectivity index (χ0v) is 16.0. The fourth-order valence-corrected chi connectivity index (χ4v) is 3.52. The lowest BCUT2D eigenvalue weighted by molar-refractivity contribution is 0.129. The summed E-state index contributed by atoms with van der Waals surface area (Å²) in [5.74, 6) is 1.86. The van der Waals surface area contributed by atoms with Crippen LogP contribution in [0, 0.1) is 22.7 Å². The lowest BCUT2D eigenvalue weighted by Gasteiger charge is -2.37. The third-order valence-corrected chi connectivity index (χ3v) is 5.56. The van der Waals surface area contributed by atoms with E-state index in [2.05, 4.69) is 65.4 Å². The highest BCUT2D eigenvalue weighted by Gasteiger charge is 2.29. The topological polar surface area (TPSA) is 6.48 Å². The average molecular weight is 329 g/mol. The van der Waals surface area contributed by atoms with Crippen LogP contribution in [0.2, 0.25) is 0 Å². The molecule has 0 radical (unpaired) electrons. The minimum absolute atomic E-state index is 0. The predicted molar refractivity (Wildman–Crippen MR) is 108 cm³/mol. The second-order valence-electron chi connectivity index (χ2n) is 9.56. The van der Waals surface area contributed by atoms with Crippen LogP contribution in [0.1, 0.15) is 75.7 Å². The minimum Gasteiger partial charge on any atom is -0.306 e. The van der Waals surface area contributed by atoms with Crippen LogP contribution in [0.25, 0.3) is 0 Å². The molecule has 2 aliphatic rings. The number of rotatable bonds is 0. The van der Waals surface area contributed by atoms with E-state index in [-0.39, 0.29) is 14.9 Å². The van der Waals surface area contributed by atoms with Crippen LogP contribution in [0.5, 0.6) is 0 Å². The largest absolute Gasteiger partial charge is 0.306 e. The van der Waals surface area contributed by atoms with E-state index in [4.69, 9.17) is 0 Å². The zero-order valence-electron chi connectivity index (χ0n) is 16.0. The van der Waals surface area contributed by atoms with Gasteiger partial charge in [-0.25, -0.2) is 0 Å². The van der Waals surface area contributed by atoms with E-state index in [1.807, 2.05) is 0 Å². The van der Waals surface area contributed by atoms with Crippen molar-refractivity contribution in [2.24, 2.45) is 22.7 Å². The summed E-state index contributed by atoms with van der Waals surface area (Å²) in [5, 5.41) is 0. The summed E-state index contributed by atoms with van der Waals surface area (Å²) in [7, 11) is 4.44. The maximum absolute atomic E-state index is 2.43. The average Bonchev–Trinajstić information content (AvgIpc) is 2.76. The van der Waals surface area contributed by atoms with Crippen molar-refractivity contribution >= 4 is 0 Å². The standard InChI is InChI=1S/C10H21N.C9H19N.2CH4/c1-10(2,3)9-5-7-11(4)8-6-9;1-9(2,3)8-5-6-10(4)7-8;;/h9H,5-8H2,1-4H3;8H,5-7H2,1-4H3;2*1H4. The van der Waals surface area contributed by atoms with Crippen LogP contribution < -0.4 is 0 Å². The molecule has 0 amide bonds. The molecule has 1 unspecified atom stereocenters. The molecule has 142 valence electrons. The van der Waals surface area contributed by atoms with Crippen molar-refractivity contribution in [2.75, 3.05) is 40.3 Å². The molecule has 0 aromatic heterocycles. The summed E-state index contributed by atoms with van der Waals surface area (Å²) >= 11 is 0. The molecular weight excluding hydrogens is 280 g/mol. The molecule has 0 saturated carbocycles. The van der Waals surface area contributed by atoms with E-state index in [0.717, 1.165) is 11.8 Å². The highest BCUT2D eigenvalue weighted by atomic mass is 15.1. The maximum Gasteiger partial charge on any atom is 0.00121 e. The van der Waals surface area contributed by atoms with Gasteiger partial charge in [-0.2, -0.15) is 0 Å². The molecule has 2 aliphatic heterocycles. The van der Waals surface area contributed by atoms with Gasteiger partial charge in [0.1, 0.15) is 0 Å². The highest BCUT2D eigenvalue weighted by Crippen LogP contribution is 2.34. The lowest BCUT2D eigenvalue weighted by Crippen LogP contribution is -2.35. The van der Waals surface area contributed by atoms with Crippen LogP contribution in [0.3, 0.4) is 0 Å². The van der Waals surface area contributed by atoms with Crippen molar-refractivity contribution in [2.45, 2.75) is 75.7 Å². The summed E-state index contributed by atoms with van der Waals surface area (Å²) < 4.78 is 0. The van der Waals surface area contributed by atoms with Gasteiger partial charge < -0.3 is 9.80 Å². The quantitative estimate of drug-likeness (QED) is 0.568. The third kappa shape index (κ3) is 9.10. The van der Waals surface area contributed by atoms with Crippen LogP contribution in [-0.2, 0) is 0 Å². The van der Waals surface area contributed by atoms with Gasteiger partial charge in [0.15, 0.2) is 0 Å². The SMILES string of the molecule is C.C.CN1CCC(C(C)(C)C)C1.CN1CCC(C(C)(C)C)CC1. The highest BCUT2D eigenvalue weighted by molar-refractivity contribution is 4.82. The van der Waals surface area contributed by atoms with E-state index < -0.39 is 0 Å². The number of hydrogen-bond donors (Lipinski definition) is 0. The number of hydrogen-bond acceptors (Lipinski definition) is 2. The Bertz CT molecular complexity index is 290. The van der Waals surface area contributed by atoms with Crippen molar-refractivity contribution in [1.82, 2.24) is 9.80 Å². The van der Waals surface area contributed by atoms with Gasteiger partial charge >= 0.3 is 0 Å².